The molecule has 3 amide bonds. The van der Waals surface area contributed by atoms with E-state index in [2.05, 4.69) is 26.6 Å². The van der Waals surface area contributed by atoms with Crippen LogP contribution in [0.5, 0.6) is 5.75 Å². The molecule has 0 aromatic heterocycles. The van der Waals surface area contributed by atoms with Crippen molar-refractivity contribution in [2.24, 2.45) is 0 Å². The largest absolute Gasteiger partial charge is 0.488 e. The zero-order valence-corrected chi connectivity index (χ0v) is 16.4. The molecule has 2 aromatic carbocycles. The number of carbonyl (C=O) groups is 2. The van der Waals surface area contributed by atoms with E-state index in [1.54, 1.807) is 0 Å². The molecule has 2 rings (SSSR count). The average molecular weight is 421 g/mol. The number of likely N-dealkylation sites (N-methyl/N-ethyl adjacent to an activating group) is 1. The fraction of sp³-hybridized carbons (Fsp3) is 0.263. The Hall–Kier alpha value is -2.38. The minimum Gasteiger partial charge on any atom is -0.488 e. The number of rotatable bonds is 7. The molecule has 0 bridgehead atoms. The molecule has 7 heteroatoms. The Morgan fingerprint density at radius 3 is 2.38 bits per heavy atom. The lowest BCUT2D eigenvalue weighted by molar-refractivity contribution is -0.902. The third kappa shape index (κ3) is 5.86. The number of carbonyl (C=O) groups excluding carboxylic acids is 2. The van der Waals surface area contributed by atoms with Gasteiger partial charge in [-0.15, -0.1) is 0 Å². The number of hydrogen-bond acceptors (Lipinski definition) is 3. The Morgan fingerprint density at radius 1 is 1.12 bits per heavy atom. The van der Waals surface area contributed by atoms with Gasteiger partial charge >= 0.3 is 6.03 Å². The number of hydrogen-bond donors (Lipinski definition) is 3. The summed E-state index contributed by atoms with van der Waals surface area (Å²) < 4.78 is 6.74. The van der Waals surface area contributed by atoms with Crippen LogP contribution in [0.2, 0.25) is 0 Å². The van der Waals surface area contributed by atoms with Gasteiger partial charge in [0.15, 0.2) is 6.04 Å². The molecule has 1 unspecified atom stereocenters. The highest BCUT2D eigenvalue weighted by Crippen LogP contribution is 2.15. The number of halogens is 1. The zero-order chi connectivity index (χ0) is 18.9. The minimum atomic E-state index is -0.519. The lowest BCUT2D eigenvalue weighted by atomic mass is 10.0. The van der Waals surface area contributed by atoms with E-state index in [4.69, 9.17) is 4.74 Å². The maximum Gasteiger partial charge on any atom is 0.321 e. The van der Waals surface area contributed by atoms with E-state index in [0.29, 0.717) is 13.2 Å². The monoisotopic (exact) mass is 420 g/mol. The first-order chi connectivity index (χ1) is 12.5. The van der Waals surface area contributed by atoms with Gasteiger partial charge in [0.1, 0.15) is 18.9 Å². The number of benzene rings is 2. The van der Waals surface area contributed by atoms with Crippen LogP contribution in [0.4, 0.5) is 4.79 Å². The van der Waals surface area contributed by atoms with Crippen molar-refractivity contribution in [1.82, 2.24) is 10.6 Å². The van der Waals surface area contributed by atoms with E-state index in [0.717, 1.165) is 20.7 Å². The molecule has 0 heterocycles. The number of imide groups is 1. The van der Waals surface area contributed by atoms with Gasteiger partial charge in [-0.1, -0.05) is 46.3 Å². The zero-order valence-electron chi connectivity index (χ0n) is 14.8. The van der Waals surface area contributed by atoms with Crippen LogP contribution < -0.4 is 20.3 Å². The van der Waals surface area contributed by atoms with Crippen molar-refractivity contribution < 1.29 is 19.2 Å². The van der Waals surface area contributed by atoms with Gasteiger partial charge in [-0.3, -0.25) is 10.1 Å². The highest BCUT2D eigenvalue weighted by atomic mass is 79.9. The minimum absolute atomic E-state index is 0.350. The fourth-order valence-electron chi connectivity index (χ4n) is 2.56. The molecule has 0 fully saturated rings. The highest BCUT2D eigenvalue weighted by molar-refractivity contribution is 9.10. The van der Waals surface area contributed by atoms with Crippen molar-refractivity contribution in [3.8, 4) is 5.75 Å². The lowest BCUT2D eigenvalue weighted by Gasteiger charge is -2.24. The van der Waals surface area contributed by atoms with Crippen molar-refractivity contribution in [1.29, 1.82) is 0 Å². The van der Waals surface area contributed by atoms with Gasteiger partial charge in [-0.25, -0.2) is 4.79 Å². The third-order valence-electron chi connectivity index (χ3n) is 3.93. The molecular formula is C19H23BrN3O3+. The molecule has 0 spiro atoms. The van der Waals surface area contributed by atoms with Gasteiger partial charge < -0.3 is 15.0 Å². The molecule has 6 nitrogen and oxygen atoms in total. The molecule has 0 aliphatic heterocycles. The van der Waals surface area contributed by atoms with Gasteiger partial charge in [0.2, 0.25) is 0 Å². The summed E-state index contributed by atoms with van der Waals surface area (Å²) in [6, 6.07) is 16.0. The van der Waals surface area contributed by atoms with Crippen molar-refractivity contribution in [2.45, 2.75) is 6.04 Å². The van der Waals surface area contributed by atoms with Crippen molar-refractivity contribution >= 4 is 27.9 Å². The predicted octanol–water partition coefficient (Wildman–Crippen LogP) is 1.54. The van der Waals surface area contributed by atoms with Gasteiger partial charge in [0.05, 0.1) is 7.05 Å². The second kappa shape index (κ2) is 9.94. The fourth-order valence-corrected chi connectivity index (χ4v) is 2.82. The standard InChI is InChI=1S/C19H22BrN3O3/c1-21-19(25)22-18(24)17(14-6-4-3-5-7-14)23(2)12-13-26-16-10-8-15(20)9-11-16/h3-11,17H,12-13H2,1-2H3,(H2,21,22,24,25)/p+1/t17-/m1/s1. The summed E-state index contributed by atoms with van der Waals surface area (Å²) in [6.07, 6.45) is 0. The van der Waals surface area contributed by atoms with Crippen LogP contribution in [0.25, 0.3) is 0 Å². The van der Waals surface area contributed by atoms with E-state index in [-0.39, 0.29) is 5.91 Å². The summed E-state index contributed by atoms with van der Waals surface area (Å²) in [5.41, 5.74) is 0.843. The summed E-state index contributed by atoms with van der Waals surface area (Å²) in [5, 5.41) is 4.77. The number of ether oxygens (including phenoxy) is 1. The molecule has 2 atom stereocenters. The summed E-state index contributed by atoms with van der Waals surface area (Å²) in [6.45, 7) is 1.04. The van der Waals surface area contributed by atoms with Crippen LogP contribution >= 0.6 is 15.9 Å². The van der Waals surface area contributed by atoms with Gasteiger partial charge in [-0.2, -0.15) is 0 Å². The second-order valence-corrected chi connectivity index (χ2v) is 6.73. The third-order valence-corrected chi connectivity index (χ3v) is 4.46. The Balaban J connectivity index is 2.02. The van der Waals surface area contributed by atoms with Gasteiger partial charge in [0, 0.05) is 17.1 Å². The highest BCUT2D eigenvalue weighted by Gasteiger charge is 2.30. The number of amides is 3. The van der Waals surface area contributed by atoms with Crippen LogP contribution in [0.3, 0.4) is 0 Å². The van der Waals surface area contributed by atoms with Crippen LogP contribution in [0, 0.1) is 0 Å². The van der Waals surface area contributed by atoms with Crippen LogP contribution in [-0.2, 0) is 4.79 Å². The maximum atomic E-state index is 12.6. The lowest BCUT2D eigenvalue weighted by Crippen LogP contribution is -3.11. The van der Waals surface area contributed by atoms with E-state index >= 15 is 0 Å². The van der Waals surface area contributed by atoms with E-state index in [1.807, 2.05) is 61.6 Å². The predicted molar refractivity (Wildman–Crippen MR) is 103 cm³/mol. The molecule has 0 saturated carbocycles. The average Bonchev–Trinajstić information content (AvgIpc) is 2.64. The van der Waals surface area contributed by atoms with E-state index in [1.165, 1.54) is 7.05 Å². The smallest absolute Gasteiger partial charge is 0.321 e. The number of urea groups is 1. The van der Waals surface area contributed by atoms with Crippen molar-refractivity contribution in [3.63, 3.8) is 0 Å². The first-order valence-corrected chi connectivity index (χ1v) is 9.08. The second-order valence-electron chi connectivity index (χ2n) is 5.81. The Morgan fingerprint density at radius 2 is 1.77 bits per heavy atom. The summed E-state index contributed by atoms with van der Waals surface area (Å²) in [5.74, 6) is 0.420. The number of quaternary nitrogens is 1. The topological polar surface area (TPSA) is 71.9 Å². The Kier molecular flexibility index (Phi) is 7.62. The van der Waals surface area contributed by atoms with Gasteiger partial charge in [-0.05, 0) is 24.3 Å². The Bertz CT molecular complexity index is 723. The molecule has 138 valence electrons. The molecule has 0 radical (unpaired) electrons. The molecule has 0 aliphatic rings. The van der Waals surface area contributed by atoms with Crippen molar-refractivity contribution in [3.05, 3.63) is 64.6 Å². The molecule has 0 saturated heterocycles. The van der Waals surface area contributed by atoms with Crippen LogP contribution in [0.1, 0.15) is 11.6 Å². The van der Waals surface area contributed by atoms with Crippen LogP contribution in [0.15, 0.2) is 59.1 Å². The molecule has 3 N–H and O–H groups in total. The normalized spacial score (nSPS) is 12.7. The summed E-state index contributed by atoms with van der Waals surface area (Å²) >= 11 is 3.39. The van der Waals surface area contributed by atoms with E-state index in [9.17, 15) is 9.59 Å². The quantitative estimate of drug-likeness (QED) is 0.635. The van der Waals surface area contributed by atoms with Gasteiger partial charge in [0.25, 0.3) is 5.91 Å². The molecule has 2 aromatic rings. The van der Waals surface area contributed by atoms with E-state index < -0.39 is 12.1 Å². The number of nitrogens with one attached hydrogen (secondary N) is 3. The molecular weight excluding hydrogens is 398 g/mol. The summed E-state index contributed by atoms with van der Waals surface area (Å²) in [4.78, 5) is 25.0. The first-order valence-electron chi connectivity index (χ1n) is 8.29. The van der Waals surface area contributed by atoms with Crippen molar-refractivity contribution in [2.75, 3.05) is 27.2 Å². The Labute approximate surface area is 161 Å². The SMILES string of the molecule is CNC(=O)NC(=O)[C@@H](c1ccccc1)[NH+](C)CCOc1ccc(Br)cc1. The molecule has 26 heavy (non-hydrogen) atoms. The summed E-state index contributed by atoms with van der Waals surface area (Å²) in [7, 11) is 3.38. The first kappa shape index (κ1) is 19.9. The maximum absolute atomic E-state index is 12.6. The van der Waals surface area contributed by atoms with Crippen LogP contribution in [-0.4, -0.2) is 39.2 Å². The molecule has 0 aliphatic carbocycles.